The second-order valence-corrected chi connectivity index (χ2v) is 4.88. The first kappa shape index (κ1) is 14.6. The molecule has 0 amide bonds. The Morgan fingerprint density at radius 1 is 1.14 bits per heavy atom. The van der Waals surface area contributed by atoms with Crippen LogP contribution in [0.2, 0.25) is 0 Å². The minimum absolute atomic E-state index is 0.0154. The third-order valence-electron chi connectivity index (χ3n) is 3.28. The van der Waals surface area contributed by atoms with E-state index in [2.05, 4.69) is 5.32 Å². The number of hydrogen-bond acceptors (Lipinski definition) is 5. The van der Waals surface area contributed by atoms with Crippen molar-refractivity contribution >= 4 is 11.4 Å². The summed E-state index contributed by atoms with van der Waals surface area (Å²) in [6.45, 7) is 3.85. The highest BCUT2D eigenvalue weighted by Gasteiger charge is 2.13. The van der Waals surface area contributed by atoms with Gasteiger partial charge in [0.05, 0.1) is 4.92 Å². The molecule has 0 aliphatic rings. The van der Waals surface area contributed by atoms with Gasteiger partial charge in [-0.15, -0.1) is 0 Å². The van der Waals surface area contributed by atoms with E-state index >= 15 is 0 Å². The first-order valence-corrected chi connectivity index (χ1v) is 6.39. The predicted octanol–water partition coefficient (Wildman–Crippen LogP) is 3.23. The molecule has 0 fully saturated rings. The van der Waals surface area contributed by atoms with Gasteiger partial charge in [0.15, 0.2) is 0 Å². The Labute approximate surface area is 121 Å². The van der Waals surface area contributed by atoms with Crippen molar-refractivity contribution in [1.82, 2.24) is 0 Å². The minimum Gasteiger partial charge on any atom is -0.508 e. The Bertz CT molecular complexity index is 698. The molecule has 0 spiro atoms. The van der Waals surface area contributed by atoms with Gasteiger partial charge in [-0.25, -0.2) is 0 Å². The van der Waals surface area contributed by atoms with Crippen molar-refractivity contribution in [3.05, 3.63) is 57.1 Å². The van der Waals surface area contributed by atoms with Gasteiger partial charge in [0, 0.05) is 35.5 Å². The molecule has 0 heterocycles. The summed E-state index contributed by atoms with van der Waals surface area (Å²) in [6.07, 6.45) is 0. The Kier molecular flexibility index (Phi) is 3.98. The quantitative estimate of drug-likeness (QED) is 0.593. The number of rotatable bonds is 4. The van der Waals surface area contributed by atoms with E-state index in [9.17, 15) is 20.3 Å². The number of nitrogens with zero attached hydrogens (tertiary/aromatic N) is 1. The molecule has 110 valence electrons. The molecule has 2 aromatic carbocycles. The lowest BCUT2D eigenvalue weighted by molar-refractivity contribution is -0.385. The smallest absolute Gasteiger partial charge is 0.274 e. The fourth-order valence-electron chi connectivity index (χ4n) is 2.12. The van der Waals surface area contributed by atoms with E-state index in [0.29, 0.717) is 23.4 Å². The lowest BCUT2D eigenvalue weighted by Gasteiger charge is -2.12. The maximum atomic E-state index is 11.0. The fourth-order valence-corrected chi connectivity index (χ4v) is 2.12. The molecular weight excluding hydrogens is 272 g/mol. The molecule has 2 rings (SSSR count). The summed E-state index contributed by atoms with van der Waals surface area (Å²) in [5, 5.41) is 33.0. The largest absolute Gasteiger partial charge is 0.508 e. The van der Waals surface area contributed by atoms with Crippen molar-refractivity contribution in [2.75, 3.05) is 5.32 Å². The van der Waals surface area contributed by atoms with Crippen LogP contribution < -0.4 is 5.32 Å². The summed E-state index contributed by atoms with van der Waals surface area (Å²) < 4.78 is 0. The zero-order valence-electron chi connectivity index (χ0n) is 11.8. The van der Waals surface area contributed by atoms with Crippen LogP contribution in [0.25, 0.3) is 0 Å². The van der Waals surface area contributed by atoms with Crippen LogP contribution in [0.4, 0.5) is 11.4 Å². The van der Waals surface area contributed by atoms with Gasteiger partial charge in [-0.05, 0) is 37.6 Å². The molecule has 2 aromatic rings. The number of phenols is 2. The highest BCUT2D eigenvalue weighted by atomic mass is 16.6. The molecule has 0 aliphatic heterocycles. The lowest BCUT2D eigenvalue weighted by Crippen LogP contribution is -2.03. The molecule has 0 saturated carbocycles. The van der Waals surface area contributed by atoms with Crippen LogP contribution in [0.15, 0.2) is 30.3 Å². The molecule has 21 heavy (non-hydrogen) atoms. The van der Waals surface area contributed by atoms with Gasteiger partial charge >= 0.3 is 0 Å². The van der Waals surface area contributed by atoms with Gasteiger partial charge in [0.1, 0.15) is 11.5 Å². The van der Waals surface area contributed by atoms with Crippen LogP contribution in [0.1, 0.15) is 16.7 Å². The second-order valence-electron chi connectivity index (χ2n) is 4.88. The van der Waals surface area contributed by atoms with E-state index < -0.39 is 4.92 Å². The molecule has 3 N–H and O–H groups in total. The average Bonchev–Trinajstić information content (AvgIpc) is 2.39. The number of phenolic OH excluding ortho intramolecular Hbond substituents is 2. The standard InChI is InChI=1S/C15H16N2O4/c1-9-5-10(2)14(17(20)21)7-13(9)16-8-11-3-4-12(18)6-15(11)19/h3-7,16,18-19H,8H2,1-2H3. The van der Waals surface area contributed by atoms with Crippen molar-refractivity contribution in [3.63, 3.8) is 0 Å². The van der Waals surface area contributed by atoms with Crippen molar-refractivity contribution in [2.24, 2.45) is 0 Å². The number of nitrogens with one attached hydrogen (secondary N) is 1. The van der Waals surface area contributed by atoms with Gasteiger partial charge in [0.25, 0.3) is 5.69 Å². The molecule has 0 bridgehead atoms. The van der Waals surface area contributed by atoms with E-state index in [4.69, 9.17) is 0 Å². The van der Waals surface area contributed by atoms with Crippen LogP contribution >= 0.6 is 0 Å². The Balaban J connectivity index is 2.23. The molecule has 6 nitrogen and oxygen atoms in total. The summed E-state index contributed by atoms with van der Waals surface area (Å²) in [5.74, 6) is -0.0415. The van der Waals surface area contributed by atoms with Crippen LogP contribution in [0.5, 0.6) is 11.5 Å². The maximum absolute atomic E-state index is 11.0. The summed E-state index contributed by atoms with van der Waals surface area (Å²) in [5.41, 5.74) is 2.78. The summed E-state index contributed by atoms with van der Waals surface area (Å²) in [7, 11) is 0. The zero-order chi connectivity index (χ0) is 15.6. The summed E-state index contributed by atoms with van der Waals surface area (Å²) >= 11 is 0. The molecule has 6 heteroatoms. The highest BCUT2D eigenvalue weighted by Crippen LogP contribution is 2.28. The third-order valence-corrected chi connectivity index (χ3v) is 3.28. The van der Waals surface area contributed by atoms with Crippen molar-refractivity contribution in [1.29, 1.82) is 0 Å². The fraction of sp³-hybridized carbons (Fsp3) is 0.200. The molecule has 0 aromatic heterocycles. The first-order valence-electron chi connectivity index (χ1n) is 6.39. The van der Waals surface area contributed by atoms with Gasteiger partial charge in [0.2, 0.25) is 0 Å². The number of nitro groups is 1. The number of nitro benzene ring substituents is 1. The normalized spacial score (nSPS) is 10.4. The first-order chi connectivity index (χ1) is 9.88. The van der Waals surface area contributed by atoms with Gasteiger partial charge in [-0.2, -0.15) is 0 Å². The number of benzene rings is 2. The van der Waals surface area contributed by atoms with Gasteiger partial charge in [-0.3, -0.25) is 10.1 Å². The van der Waals surface area contributed by atoms with E-state index in [0.717, 1.165) is 5.56 Å². The molecule has 0 atom stereocenters. The Morgan fingerprint density at radius 2 is 1.86 bits per heavy atom. The molecule has 0 unspecified atom stereocenters. The lowest BCUT2D eigenvalue weighted by atomic mass is 10.1. The number of anilines is 1. The molecule has 0 aliphatic carbocycles. The van der Waals surface area contributed by atoms with Crippen molar-refractivity contribution in [2.45, 2.75) is 20.4 Å². The molecule has 0 radical (unpaired) electrons. The highest BCUT2D eigenvalue weighted by molar-refractivity contribution is 5.60. The summed E-state index contributed by atoms with van der Waals surface area (Å²) in [6, 6.07) is 7.55. The van der Waals surface area contributed by atoms with E-state index in [-0.39, 0.29) is 17.2 Å². The number of hydrogen-bond donors (Lipinski definition) is 3. The van der Waals surface area contributed by atoms with Crippen LogP contribution in [0.3, 0.4) is 0 Å². The van der Waals surface area contributed by atoms with Crippen LogP contribution in [0, 0.1) is 24.0 Å². The van der Waals surface area contributed by atoms with Crippen molar-refractivity contribution in [3.8, 4) is 11.5 Å². The van der Waals surface area contributed by atoms with E-state index in [1.165, 1.54) is 18.2 Å². The Hall–Kier alpha value is -2.76. The predicted molar refractivity (Wildman–Crippen MR) is 79.7 cm³/mol. The van der Waals surface area contributed by atoms with Crippen molar-refractivity contribution < 1.29 is 15.1 Å². The van der Waals surface area contributed by atoms with E-state index in [1.54, 1.807) is 19.1 Å². The van der Waals surface area contributed by atoms with E-state index in [1.807, 2.05) is 6.92 Å². The zero-order valence-corrected chi connectivity index (χ0v) is 11.8. The second kappa shape index (κ2) is 5.70. The summed E-state index contributed by atoms with van der Waals surface area (Å²) in [4.78, 5) is 10.5. The van der Waals surface area contributed by atoms with Gasteiger partial charge < -0.3 is 15.5 Å². The SMILES string of the molecule is Cc1cc(C)c([N+](=O)[O-])cc1NCc1ccc(O)cc1O. The number of aryl methyl sites for hydroxylation is 2. The van der Waals surface area contributed by atoms with Crippen LogP contribution in [-0.4, -0.2) is 15.1 Å². The third kappa shape index (κ3) is 3.22. The topological polar surface area (TPSA) is 95.6 Å². The monoisotopic (exact) mass is 288 g/mol. The molecular formula is C15H16N2O4. The Morgan fingerprint density at radius 3 is 2.48 bits per heavy atom. The maximum Gasteiger partial charge on any atom is 0.274 e. The minimum atomic E-state index is -0.419. The van der Waals surface area contributed by atoms with Gasteiger partial charge in [-0.1, -0.05) is 0 Å². The number of aromatic hydroxyl groups is 2. The average molecular weight is 288 g/mol. The van der Waals surface area contributed by atoms with Crippen LogP contribution in [-0.2, 0) is 6.54 Å². The molecule has 0 saturated heterocycles.